The maximum absolute atomic E-state index is 12.2. The second-order valence-corrected chi connectivity index (χ2v) is 6.21. The zero-order valence-electron chi connectivity index (χ0n) is 11.4. The average molecular weight is 255 g/mol. The third kappa shape index (κ3) is 3.04. The highest BCUT2D eigenvalue weighted by atomic mass is 16.5. The van der Waals surface area contributed by atoms with E-state index in [9.17, 15) is 9.90 Å². The number of carbonyl (C=O) groups is 1. The number of hydrogen-bond acceptors (Lipinski definition) is 3. The van der Waals surface area contributed by atoms with Gasteiger partial charge in [0.05, 0.1) is 30.8 Å². The summed E-state index contributed by atoms with van der Waals surface area (Å²) in [6, 6.07) is 0. The SMILES string of the molecule is CC1CCCC(CO)(NC(=O)C2COC(C)C2)C1. The Morgan fingerprint density at radius 2 is 2.28 bits per heavy atom. The molecular weight excluding hydrogens is 230 g/mol. The lowest BCUT2D eigenvalue weighted by molar-refractivity contribution is -0.128. The van der Waals surface area contributed by atoms with Gasteiger partial charge in [0.2, 0.25) is 5.91 Å². The summed E-state index contributed by atoms with van der Waals surface area (Å²) < 4.78 is 5.44. The molecule has 104 valence electrons. The van der Waals surface area contributed by atoms with Crippen molar-refractivity contribution in [3.63, 3.8) is 0 Å². The quantitative estimate of drug-likeness (QED) is 0.803. The molecule has 1 aliphatic carbocycles. The third-order valence-corrected chi connectivity index (χ3v) is 4.35. The molecule has 1 amide bonds. The maximum atomic E-state index is 12.2. The first-order valence-corrected chi connectivity index (χ1v) is 7.09. The summed E-state index contributed by atoms with van der Waals surface area (Å²) in [4.78, 5) is 12.2. The van der Waals surface area contributed by atoms with E-state index in [4.69, 9.17) is 4.74 Å². The van der Waals surface area contributed by atoms with Crippen molar-refractivity contribution < 1.29 is 14.6 Å². The normalized spacial score (nSPS) is 40.7. The van der Waals surface area contributed by atoms with Crippen molar-refractivity contribution >= 4 is 5.91 Å². The van der Waals surface area contributed by atoms with Crippen LogP contribution in [0.3, 0.4) is 0 Å². The number of nitrogens with one attached hydrogen (secondary N) is 1. The summed E-state index contributed by atoms with van der Waals surface area (Å²) in [5.74, 6) is 0.591. The predicted molar refractivity (Wildman–Crippen MR) is 69.1 cm³/mol. The molecule has 2 N–H and O–H groups in total. The van der Waals surface area contributed by atoms with Crippen LogP contribution in [0.4, 0.5) is 0 Å². The van der Waals surface area contributed by atoms with E-state index < -0.39 is 0 Å². The van der Waals surface area contributed by atoms with Crippen LogP contribution >= 0.6 is 0 Å². The highest BCUT2D eigenvalue weighted by Gasteiger charge is 2.38. The molecule has 1 saturated carbocycles. The molecule has 2 fully saturated rings. The van der Waals surface area contributed by atoms with Crippen LogP contribution in [0.2, 0.25) is 0 Å². The van der Waals surface area contributed by atoms with Crippen molar-refractivity contribution in [2.75, 3.05) is 13.2 Å². The molecule has 4 unspecified atom stereocenters. The van der Waals surface area contributed by atoms with E-state index in [0.29, 0.717) is 12.5 Å². The molecule has 2 aliphatic rings. The minimum Gasteiger partial charge on any atom is -0.394 e. The zero-order chi connectivity index (χ0) is 13.2. The van der Waals surface area contributed by atoms with Crippen LogP contribution in [0.5, 0.6) is 0 Å². The first-order chi connectivity index (χ1) is 8.54. The van der Waals surface area contributed by atoms with Crippen molar-refractivity contribution in [1.29, 1.82) is 0 Å². The molecule has 1 saturated heterocycles. The van der Waals surface area contributed by atoms with Gasteiger partial charge in [0.15, 0.2) is 0 Å². The monoisotopic (exact) mass is 255 g/mol. The van der Waals surface area contributed by atoms with Crippen molar-refractivity contribution in [2.24, 2.45) is 11.8 Å². The van der Waals surface area contributed by atoms with Crippen LogP contribution in [-0.4, -0.2) is 35.9 Å². The van der Waals surface area contributed by atoms with E-state index in [0.717, 1.165) is 25.7 Å². The van der Waals surface area contributed by atoms with E-state index in [-0.39, 0.29) is 30.1 Å². The molecule has 4 heteroatoms. The molecule has 1 aliphatic heterocycles. The van der Waals surface area contributed by atoms with Crippen LogP contribution in [0.1, 0.15) is 46.0 Å². The number of carbonyl (C=O) groups excluding carboxylic acids is 1. The average Bonchev–Trinajstić information content (AvgIpc) is 2.76. The summed E-state index contributed by atoms with van der Waals surface area (Å²) in [7, 11) is 0. The summed E-state index contributed by atoms with van der Waals surface area (Å²) >= 11 is 0. The Labute approximate surface area is 109 Å². The lowest BCUT2D eigenvalue weighted by Crippen LogP contribution is -2.55. The summed E-state index contributed by atoms with van der Waals surface area (Å²) in [5, 5.41) is 12.8. The van der Waals surface area contributed by atoms with Crippen LogP contribution < -0.4 is 5.32 Å². The van der Waals surface area contributed by atoms with Gasteiger partial charge in [-0.1, -0.05) is 19.8 Å². The summed E-state index contributed by atoms with van der Waals surface area (Å²) in [5.41, 5.74) is -0.388. The molecule has 1 heterocycles. The molecule has 0 aromatic rings. The van der Waals surface area contributed by atoms with Crippen LogP contribution in [0.25, 0.3) is 0 Å². The van der Waals surface area contributed by atoms with Crippen LogP contribution in [-0.2, 0) is 9.53 Å². The fraction of sp³-hybridized carbons (Fsp3) is 0.929. The topological polar surface area (TPSA) is 58.6 Å². The van der Waals surface area contributed by atoms with E-state index in [2.05, 4.69) is 12.2 Å². The predicted octanol–water partition coefficient (Wildman–Crippen LogP) is 1.47. The summed E-state index contributed by atoms with van der Waals surface area (Å²) in [6.45, 7) is 4.75. The number of rotatable bonds is 3. The van der Waals surface area contributed by atoms with Gasteiger partial charge in [-0.15, -0.1) is 0 Å². The molecule has 0 radical (unpaired) electrons. The largest absolute Gasteiger partial charge is 0.394 e. The molecule has 4 atom stereocenters. The van der Waals surface area contributed by atoms with Gasteiger partial charge in [-0.25, -0.2) is 0 Å². The molecule has 0 aromatic heterocycles. The number of ether oxygens (including phenoxy) is 1. The van der Waals surface area contributed by atoms with E-state index in [1.54, 1.807) is 0 Å². The second-order valence-electron chi connectivity index (χ2n) is 6.21. The van der Waals surface area contributed by atoms with Crippen molar-refractivity contribution in [3.8, 4) is 0 Å². The second kappa shape index (κ2) is 5.57. The first kappa shape index (κ1) is 13.8. The molecular formula is C14H25NO3. The van der Waals surface area contributed by atoms with Crippen molar-refractivity contribution in [3.05, 3.63) is 0 Å². The first-order valence-electron chi connectivity index (χ1n) is 7.09. The Bertz CT molecular complexity index is 307. The fourth-order valence-electron chi connectivity index (χ4n) is 3.32. The number of amides is 1. The van der Waals surface area contributed by atoms with Gasteiger partial charge in [0.25, 0.3) is 0 Å². The Morgan fingerprint density at radius 3 is 2.83 bits per heavy atom. The summed E-state index contributed by atoms with van der Waals surface area (Å²) in [6.07, 6.45) is 5.03. The van der Waals surface area contributed by atoms with E-state index in [1.807, 2.05) is 6.92 Å². The Morgan fingerprint density at radius 1 is 1.50 bits per heavy atom. The number of aliphatic hydroxyl groups is 1. The molecule has 0 bridgehead atoms. The third-order valence-electron chi connectivity index (χ3n) is 4.35. The van der Waals surface area contributed by atoms with Gasteiger partial charge in [0.1, 0.15) is 0 Å². The zero-order valence-corrected chi connectivity index (χ0v) is 11.4. The van der Waals surface area contributed by atoms with Gasteiger partial charge < -0.3 is 15.2 Å². The molecule has 0 aromatic carbocycles. The van der Waals surface area contributed by atoms with Crippen molar-refractivity contribution in [1.82, 2.24) is 5.32 Å². The molecule has 2 rings (SSSR count). The standard InChI is InChI=1S/C14H25NO3/c1-10-4-3-5-14(7-10,9-16)15-13(17)12-6-11(2)18-8-12/h10-12,16H,3-9H2,1-2H3,(H,15,17). The van der Waals surface area contributed by atoms with Gasteiger partial charge in [-0.2, -0.15) is 0 Å². The highest BCUT2D eigenvalue weighted by Crippen LogP contribution is 2.32. The molecule has 4 nitrogen and oxygen atoms in total. The van der Waals surface area contributed by atoms with Crippen molar-refractivity contribution in [2.45, 2.75) is 57.6 Å². The lowest BCUT2D eigenvalue weighted by Gasteiger charge is -2.40. The highest BCUT2D eigenvalue weighted by molar-refractivity contribution is 5.80. The number of hydrogen-bond donors (Lipinski definition) is 2. The minimum absolute atomic E-state index is 0.0411. The number of aliphatic hydroxyl groups excluding tert-OH is 1. The van der Waals surface area contributed by atoms with Crippen LogP contribution in [0, 0.1) is 11.8 Å². The Kier molecular flexibility index (Phi) is 4.28. The Hall–Kier alpha value is -0.610. The minimum atomic E-state index is -0.388. The molecule has 18 heavy (non-hydrogen) atoms. The molecule has 0 spiro atoms. The smallest absolute Gasteiger partial charge is 0.226 e. The van der Waals surface area contributed by atoms with E-state index in [1.165, 1.54) is 6.42 Å². The van der Waals surface area contributed by atoms with Gasteiger partial charge in [0, 0.05) is 0 Å². The lowest BCUT2D eigenvalue weighted by atomic mass is 9.76. The van der Waals surface area contributed by atoms with Crippen LogP contribution in [0.15, 0.2) is 0 Å². The fourth-order valence-corrected chi connectivity index (χ4v) is 3.32. The van der Waals surface area contributed by atoms with E-state index >= 15 is 0 Å². The van der Waals surface area contributed by atoms with Gasteiger partial charge >= 0.3 is 0 Å². The van der Waals surface area contributed by atoms with Gasteiger partial charge in [-0.05, 0) is 32.1 Å². The maximum Gasteiger partial charge on any atom is 0.226 e. The van der Waals surface area contributed by atoms with Gasteiger partial charge in [-0.3, -0.25) is 4.79 Å². The Balaban J connectivity index is 1.95.